The van der Waals surface area contributed by atoms with Crippen molar-refractivity contribution in [2.75, 3.05) is 0 Å². The van der Waals surface area contributed by atoms with E-state index in [2.05, 4.69) is 26.2 Å². The summed E-state index contributed by atoms with van der Waals surface area (Å²) in [6, 6.07) is 1.59. The number of amides is 1. The number of aliphatic carboxylic acids is 1. The van der Waals surface area contributed by atoms with Crippen molar-refractivity contribution in [3.63, 3.8) is 0 Å². The number of hydrogen-bond donors (Lipinski definition) is 2. The van der Waals surface area contributed by atoms with E-state index in [-0.39, 0.29) is 0 Å². The van der Waals surface area contributed by atoms with E-state index in [0.717, 1.165) is 0 Å². The molecule has 1 unspecified atom stereocenters. The topological polar surface area (TPSA) is 79.3 Å². The van der Waals surface area contributed by atoms with Crippen LogP contribution in [0.25, 0.3) is 0 Å². The SMILES string of the molecule is CCCC(C)(NC(=O)c1cncc(Br)c1)C(=O)O. The molecule has 1 atom stereocenters. The van der Waals surface area contributed by atoms with Crippen molar-refractivity contribution in [3.05, 3.63) is 28.5 Å². The van der Waals surface area contributed by atoms with E-state index in [1.165, 1.54) is 13.1 Å². The first kappa shape index (κ1) is 14.6. The molecule has 1 aromatic heterocycles. The molecule has 0 fully saturated rings. The van der Waals surface area contributed by atoms with Crippen LogP contribution in [-0.4, -0.2) is 27.5 Å². The molecule has 0 radical (unpaired) electrons. The van der Waals surface area contributed by atoms with Crippen LogP contribution < -0.4 is 5.32 Å². The Labute approximate surface area is 114 Å². The fraction of sp³-hybridized carbons (Fsp3) is 0.417. The zero-order valence-corrected chi connectivity index (χ0v) is 11.8. The quantitative estimate of drug-likeness (QED) is 0.873. The number of rotatable bonds is 5. The number of aromatic nitrogens is 1. The van der Waals surface area contributed by atoms with Gasteiger partial charge in [0.15, 0.2) is 0 Å². The van der Waals surface area contributed by atoms with Gasteiger partial charge in [-0.3, -0.25) is 9.78 Å². The standard InChI is InChI=1S/C12H15BrN2O3/c1-3-4-12(2,11(17)18)15-10(16)8-5-9(13)7-14-6-8/h5-7H,3-4H2,1-2H3,(H,15,16)(H,17,18). The summed E-state index contributed by atoms with van der Waals surface area (Å²) in [5.74, 6) is -1.48. The third-order valence-electron chi connectivity index (χ3n) is 2.58. The van der Waals surface area contributed by atoms with Crippen LogP contribution in [0.2, 0.25) is 0 Å². The van der Waals surface area contributed by atoms with Crippen LogP contribution >= 0.6 is 15.9 Å². The van der Waals surface area contributed by atoms with Crippen molar-refractivity contribution in [3.8, 4) is 0 Å². The molecule has 0 aliphatic carbocycles. The average Bonchev–Trinajstić information content (AvgIpc) is 2.29. The molecule has 0 bridgehead atoms. The largest absolute Gasteiger partial charge is 0.480 e. The normalized spacial score (nSPS) is 13.7. The monoisotopic (exact) mass is 314 g/mol. The highest BCUT2D eigenvalue weighted by atomic mass is 79.9. The molecule has 98 valence electrons. The molecule has 0 aliphatic rings. The summed E-state index contributed by atoms with van der Waals surface area (Å²) in [5.41, 5.74) is -0.929. The van der Waals surface area contributed by atoms with Gasteiger partial charge in [0.1, 0.15) is 5.54 Å². The first-order valence-corrected chi connectivity index (χ1v) is 6.35. The van der Waals surface area contributed by atoms with Gasteiger partial charge < -0.3 is 10.4 Å². The molecule has 2 N–H and O–H groups in total. The van der Waals surface area contributed by atoms with Crippen molar-refractivity contribution in [1.82, 2.24) is 10.3 Å². The third kappa shape index (κ3) is 3.53. The zero-order chi connectivity index (χ0) is 13.8. The van der Waals surface area contributed by atoms with E-state index < -0.39 is 17.4 Å². The van der Waals surface area contributed by atoms with E-state index >= 15 is 0 Å². The van der Waals surface area contributed by atoms with E-state index in [1.54, 1.807) is 12.3 Å². The molecule has 0 spiro atoms. The van der Waals surface area contributed by atoms with E-state index in [9.17, 15) is 14.7 Å². The molecule has 0 saturated carbocycles. The summed E-state index contributed by atoms with van der Waals surface area (Å²) >= 11 is 3.21. The Kier molecular flexibility index (Phi) is 4.84. The molecule has 0 saturated heterocycles. The van der Waals surface area contributed by atoms with Crippen molar-refractivity contribution in [2.45, 2.75) is 32.2 Å². The van der Waals surface area contributed by atoms with Gasteiger partial charge in [0.25, 0.3) is 5.91 Å². The number of nitrogens with one attached hydrogen (secondary N) is 1. The lowest BCUT2D eigenvalue weighted by Crippen LogP contribution is -2.52. The summed E-state index contributed by atoms with van der Waals surface area (Å²) in [7, 11) is 0. The van der Waals surface area contributed by atoms with Crippen LogP contribution in [0.1, 0.15) is 37.0 Å². The van der Waals surface area contributed by atoms with Crippen LogP contribution in [0, 0.1) is 0 Å². The van der Waals surface area contributed by atoms with E-state index in [4.69, 9.17) is 0 Å². The number of carbonyl (C=O) groups excluding carboxylic acids is 1. The highest BCUT2D eigenvalue weighted by Crippen LogP contribution is 2.15. The maximum Gasteiger partial charge on any atom is 0.329 e. The number of carboxylic acids is 1. The predicted octanol–water partition coefficient (Wildman–Crippen LogP) is 2.22. The van der Waals surface area contributed by atoms with E-state index in [1.807, 2.05) is 6.92 Å². The van der Waals surface area contributed by atoms with Gasteiger partial charge in [-0.15, -0.1) is 0 Å². The molecule has 1 rings (SSSR count). The summed E-state index contributed by atoms with van der Waals surface area (Å²) in [6.07, 6.45) is 3.99. The minimum Gasteiger partial charge on any atom is -0.480 e. The van der Waals surface area contributed by atoms with Gasteiger partial charge in [-0.05, 0) is 35.3 Å². The Bertz CT molecular complexity index is 464. The van der Waals surface area contributed by atoms with E-state index in [0.29, 0.717) is 22.9 Å². The fourth-order valence-corrected chi connectivity index (χ4v) is 1.95. The molecule has 18 heavy (non-hydrogen) atoms. The second-order valence-electron chi connectivity index (χ2n) is 4.23. The molecule has 6 heteroatoms. The minimum atomic E-state index is -1.26. The fourth-order valence-electron chi connectivity index (χ4n) is 1.58. The van der Waals surface area contributed by atoms with Crippen molar-refractivity contribution in [1.29, 1.82) is 0 Å². The average molecular weight is 315 g/mol. The highest BCUT2D eigenvalue weighted by molar-refractivity contribution is 9.10. The number of hydrogen-bond acceptors (Lipinski definition) is 3. The number of nitrogens with zero attached hydrogens (tertiary/aromatic N) is 1. The maximum absolute atomic E-state index is 12.0. The first-order chi connectivity index (χ1) is 8.39. The molecular formula is C12H15BrN2O3. The summed E-state index contributed by atoms with van der Waals surface area (Å²) < 4.78 is 0.669. The van der Waals surface area contributed by atoms with Gasteiger partial charge in [0.2, 0.25) is 0 Å². The lowest BCUT2D eigenvalue weighted by Gasteiger charge is -2.25. The summed E-state index contributed by atoms with van der Waals surface area (Å²) in [4.78, 5) is 27.0. The van der Waals surface area contributed by atoms with Crippen molar-refractivity contribution >= 4 is 27.8 Å². The van der Waals surface area contributed by atoms with Crippen LogP contribution in [0.5, 0.6) is 0 Å². The molecule has 1 amide bonds. The van der Waals surface area contributed by atoms with Gasteiger partial charge in [-0.25, -0.2) is 4.79 Å². The molecule has 5 nitrogen and oxygen atoms in total. The Balaban J connectivity index is 2.88. The molecule has 1 aromatic rings. The van der Waals surface area contributed by atoms with Gasteiger partial charge in [0.05, 0.1) is 5.56 Å². The number of pyridine rings is 1. The number of carboxylic acid groups (broad SMARTS) is 1. The van der Waals surface area contributed by atoms with Gasteiger partial charge in [-0.2, -0.15) is 0 Å². The van der Waals surface area contributed by atoms with Crippen LogP contribution in [-0.2, 0) is 4.79 Å². The van der Waals surface area contributed by atoms with Crippen LogP contribution in [0.4, 0.5) is 0 Å². The lowest BCUT2D eigenvalue weighted by molar-refractivity contribution is -0.144. The lowest BCUT2D eigenvalue weighted by atomic mass is 9.96. The first-order valence-electron chi connectivity index (χ1n) is 5.55. The Morgan fingerprint density at radius 2 is 2.17 bits per heavy atom. The van der Waals surface area contributed by atoms with Gasteiger partial charge in [-0.1, -0.05) is 13.3 Å². The van der Waals surface area contributed by atoms with Crippen molar-refractivity contribution in [2.24, 2.45) is 0 Å². The van der Waals surface area contributed by atoms with Gasteiger partial charge >= 0.3 is 5.97 Å². The number of halogens is 1. The molecule has 1 heterocycles. The second kappa shape index (κ2) is 5.95. The minimum absolute atomic E-state index is 0.327. The Morgan fingerprint density at radius 3 is 2.67 bits per heavy atom. The third-order valence-corrected chi connectivity index (χ3v) is 3.01. The zero-order valence-electron chi connectivity index (χ0n) is 10.2. The Hall–Kier alpha value is -1.43. The van der Waals surface area contributed by atoms with Crippen molar-refractivity contribution < 1.29 is 14.7 Å². The summed E-state index contributed by atoms with van der Waals surface area (Å²) in [6.45, 7) is 3.37. The highest BCUT2D eigenvalue weighted by Gasteiger charge is 2.34. The molecular weight excluding hydrogens is 300 g/mol. The smallest absolute Gasteiger partial charge is 0.329 e. The second-order valence-corrected chi connectivity index (χ2v) is 5.15. The molecule has 0 aliphatic heterocycles. The Morgan fingerprint density at radius 1 is 1.50 bits per heavy atom. The molecule has 0 aromatic carbocycles. The summed E-state index contributed by atoms with van der Waals surface area (Å²) in [5, 5.41) is 11.7. The maximum atomic E-state index is 12.0. The van der Waals surface area contributed by atoms with Crippen LogP contribution in [0.3, 0.4) is 0 Å². The van der Waals surface area contributed by atoms with Gasteiger partial charge in [0, 0.05) is 16.9 Å². The predicted molar refractivity (Wildman–Crippen MR) is 70.4 cm³/mol. The number of carbonyl (C=O) groups is 2. The van der Waals surface area contributed by atoms with Crippen LogP contribution in [0.15, 0.2) is 22.9 Å².